The molecule has 0 atom stereocenters. The van der Waals surface area contributed by atoms with Crippen molar-refractivity contribution in [1.82, 2.24) is 9.97 Å². The predicted molar refractivity (Wildman–Crippen MR) is 81.8 cm³/mol. The molecule has 3 N–H and O–H groups in total. The van der Waals surface area contributed by atoms with Crippen molar-refractivity contribution in [2.75, 3.05) is 23.7 Å². The summed E-state index contributed by atoms with van der Waals surface area (Å²) < 4.78 is 13.7. The molecule has 21 heavy (non-hydrogen) atoms. The number of aromatic nitrogens is 2. The monoisotopic (exact) mass is 296 g/mol. The minimum Gasteiger partial charge on any atom is -0.388 e. The summed E-state index contributed by atoms with van der Waals surface area (Å²) in [5.41, 5.74) is -0.763. The second-order valence-corrected chi connectivity index (χ2v) is 6.08. The van der Waals surface area contributed by atoms with Gasteiger partial charge in [0.25, 0.3) is 0 Å². The van der Waals surface area contributed by atoms with E-state index in [2.05, 4.69) is 27.5 Å². The highest BCUT2D eigenvalue weighted by Gasteiger charge is 2.31. The molecule has 0 aromatic carbocycles. The van der Waals surface area contributed by atoms with Crippen molar-refractivity contribution in [3.05, 3.63) is 12.0 Å². The summed E-state index contributed by atoms with van der Waals surface area (Å²) in [5, 5.41) is 16.5. The van der Waals surface area contributed by atoms with E-state index in [0.29, 0.717) is 18.4 Å². The Balaban J connectivity index is 1.95. The molecule has 5 nitrogen and oxygen atoms in total. The number of hydrogen-bond donors (Lipinski definition) is 3. The third-order valence-electron chi connectivity index (χ3n) is 4.07. The van der Waals surface area contributed by atoms with Gasteiger partial charge in [0.15, 0.2) is 11.6 Å². The van der Waals surface area contributed by atoms with Gasteiger partial charge in [-0.1, -0.05) is 13.8 Å². The van der Waals surface area contributed by atoms with Crippen LogP contribution in [0.3, 0.4) is 0 Å². The molecule has 1 fully saturated rings. The summed E-state index contributed by atoms with van der Waals surface area (Å²) >= 11 is 0. The maximum atomic E-state index is 13.7. The number of rotatable bonds is 6. The van der Waals surface area contributed by atoms with E-state index in [-0.39, 0.29) is 5.82 Å². The van der Waals surface area contributed by atoms with Gasteiger partial charge in [0.05, 0.1) is 11.8 Å². The molecule has 1 aliphatic carbocycles. The van der Waals surface area contributed by atoms with Gasteiger partial charge in [0, 0.05) is 13.1 Å². The van der Waals surface area contributed by atoms with Gasteiger partial charge >= 0.3 is 0 Å². The molecule has 1 heterocycles. The van der Waals surface area contributed by atoms with E-state index in [1.54, 1.807) is 0 Å². The molecule has 0 unspecified atom stereocenters. The number of nitrogens with one attached hydrogen (secondary N) is 2. The molecule has 0 amide bonds. The standard InChI is InChI=1S/C15H25FN4O/c1-3-8-17-14-18-9-12(16)13(20-14)19-10-15(21)6-4-11(2)5-7-15/h9,11,21H,3-8,10H2,1-2H3,(H2,17,18,19,20). The lowest BCUT2D eigenvalue weighted by Crippen LogP contribution is -2.40. The topological polar surface area (TPSA) is 70.1 Å². The van der Waals surface area contributed by atoms with E-state index < -0.39 is 11.4 Å². The largest absolute Gasteiger partial charge is 0.388 e. The SMILES string of the molecule is CCCNc1ncc(F)c(NCC2(O)CCC(C)CC2)n1. The minimum atomic E-state index is -0.763. The zero-order valence-corrected chi connectivity index (χ0v) is 12.8. The van der Waals surface area contributed by atoms with Crippen molar-refractivity contribution in [1.29, 1.82) is 0 Å². The first-order chi connectivity index (χ1) is 10.0. The van der Waals surface area contributed by atoms with Gasteiger partial charge in [-0.25, -0.2) is 9.37 Å². The normalized spacial score (nSPS) is 25.6. The van der Waals surface area contributed by atoms with Crippen molar-refractivity contribution >= 4 is 11.8 Å². The van der Waals surface area contributed by atoms with Gasteiger partial charge in [0.2, 0.25) is 5.95 Å². The second-order valence-electron chi connectivity index (χ2n) is 6.08. The quantitative estimate of drug-likeness (QED) is 0.753. The first-order valence-electron chi connectivity index (χ1n) is 7.75. The lowest BCUT2D eigenvalue weighted by atomic mass is 9.79. The summed E-state index contributed by atoms with van der Waals surface area (Å²) in [5.74, 6) is 0.719. The fourth-order valence-corrected chi connectivity index (χ4v) is 2.54. The predicted octanol–water partition coefficient (Wildman–Crippen LogP) is 2.79. The summed E-state index contributed by atoms with van der Waals surface area (Å²) in [4.78, 5) is 8.02. The maximum Gasteiger partial charge on any atom is 0.224 e. The van der Waals surface area contributed by atoms with Gasteiger partial charge in [-0.2, -0.15) is 4.98 Å². The zero-order valence-electron chi connectivity index (χ0n) is 12.8. The molecule has 1 aliphatic rings. The van der Waals surface area contributed by atoms with Crippen LogP contribution >= 0.6 is 0 Å². The van der Waals surface area contributed by atoms with Gasteiger partial charge in [-0.3, -0.25) is 0 Å². The first-order valence-corrected chi connectivity index (χ1v) is 7.75. The Morgan fingerprint density at radius 3 is 2.76 bits per heavy atom. The van der Waals surface area contributed by atoms with Crippen LogP contribution < -0.4 is 10.6 Å². The van der Waals surface area contributed by atoms with Crippen LogP contribution in [-0.4, -0.2) is 33.8 Å². The summed E-state index contributed by atoms with van der Waals surface area (Å²) in [6.45, 7) is 5.30. The van der Waals surface area contributed by atoms with Gasteiger partial charge < -0.3 is 15.7 Å². The van der Waals surface area contributed by atoms with Crippen molar-refractivity contribution < 1.29 is 9.50 Å². The van der Waals surface area contributed by atoms with E-state index in [1.807, 2.05) is 6.92 Å². The number of anilines is 2. The highest BCUT2D eigenvalue weighted by atomic mass is 19.1. The summed E-state index contributed by atoms with van der Waals surface area (Å²) in [6, 6.07) is 0. The lowest BCUT2D eigenvalue weighted by molar-refractivity contribution is 0.00490. The van der Waals surface area contributed by atoms with Crippen LogP contribution in [0.4, 0.5) is 16.2 Å². The molecule has 2 rings (SSSR count). The van der Waals surface area contributed by atoms with E-state index in [1.165, 1.54) is 0 Å². The second kappa shape index (κ2) is 7.02. The van der Waals surface area contributed by atoms with Crippen molar-refractivity contribution in [3.8, 4) is 0 Å². The van der Waals surface area contributed by atoms with Crippen LogP contribution in [0.5, 0.6) is 0 Å². The lowest BCUT2D eigenvalue weighted by Gasteiger charge is -2.35. The molecular weight excluding hydrogens is 271 g/mol. The summed E-state index contributed by atoms with van der Waals surface area (Å²) in [6.07, 6.45) is 5.60. The zero-order chi connectivity index (χ0) is 15.3. The number of halogens is 1. The van der Waals surface area contributed by atoms with Gasteiger partial charge in [0.1, 0.15) is 0 Å². The molecular formula is C15H25FN4O. The molecule has 1 saturated carbocycles. The van der Waals surface area contributed by atoms with Gasteiger partial charge in [-0.15, -0.1) is 0 Å². The van der Waals surface area contributed by atoms with Gasteiger partial charge in [-0.05, 0) is 38.0 Å². The van der Waals surface area contributed by atoms with Crippen LogP contribution in [0, 0.1) is 11.7 Å². The first kappa shape index (κ1) is 15.9. The molecule has 0 radical (unpaired) electrons. The van der Waals surface area contributed by atoms with Crippen LogP contribution in [-0.2, 0) is 0 Å². The minimum absolute atomic E-state index is 0.149. The van der Waals surface area contributed by atoms with Crippen LogP contribution in [0.25, 0.3) is 0 Å². The van der Waals surface area contributed by atoms with Crippen LogP contribution in [0.15, 0.2) is 6.20 Å². The van der Waals surface area contributed by atoms with Crippen molar-refractivity contribution in [2.24, 2.45) is 5.92 Å². The Morgan fingerprint density at radius 2 is 2.10 bits per heavy atom. The molecule has 0 aliphatic heterocycles. The maximum absolute atomic E-state index is 13.7. The Labute approximate surface area is 125 Å². The molecule has 118 valence electrons. The average molecular weight is 296 g/mol. The molecule has 0 saturated heterocycles. The van der Waals surface area contributed by atoms with Crippen molar-refractivity contribution in [3.63, 3.8) is 0 Å². The smallest absolute Gasteiger partial charge is 0.224 e. The average Bonchev–Trinajstić information content (AvgIpc) is 2.48. The highest BCUT2D eigenvalue weighted by Crippen LogP contribution is 2.32. The fraction of sp³-hybridized carbons (Fsp3) is 0.733. The Kier molecular flexibility index (Phi) is 5.33. The fourth-order valence-electron chi connectivity index (χ4n) is 2.54. The number of hydrogen-bond acceptors (Lipinski definition) is 5. The third-order valence-corrected chi connectivity index (χ3v) is 4.07. The Bertz CT molecular complexity index is 461. The van der Waals surface area contributed by atoms with E-state index >= 15 is 0 Å². The number of nitrogens with zero attached hydrogens (tertiary/aromatic N) is 2. The summed E-state index contributed by atoms with van der Waals surface area (Å²) in [7, 11) is 0. The third kappa shape index (κ3) is 4.52. The molecule has 1 aromatic rings. The Hall–Kier alpha value is -1.43. The molecule has 1 aromatic heterocycles. The van der Waals surface area contributed by atoms with Crippen molar-refractivity contribution in [2.45, 2.75) is 51.6 Å². The van der Waals surface area contributed by atoms with E-state index in [9.17, 15) is 9.50 Å². The van der Waals surface area contributed by atoms with E-state index in [0.717, 1.165) is 44.8 Å². The van der Waals surface area contributed by atoms with E-state index in [4.69, 9.17) is 0 Å². The molecule has 6 heteroatoms. The number of aliphatic hydroxyl groups is 1. The molecule has 0 spiro atoms. The molecule has 0 bridgehead atoms. The Morgan fingerprint density at radius 1 is 1.38 bits per heavy atom. The van der Waals surface area contributed by atoms with Crippen LogP contribution in [0.2, 0.25) is 0 Å². The van der Waals surface area contributed by atoms with Crippen LogP contribution in [0.1, 0.15) is 46.0 Å². The highest BCUT2D eigenvalue weighted by molar-refractivity contribution is 5.41.